The number of fused-ring (bicyclic) bond motifs is 1. The van der Waals surface area contributed by atoms with E-state index < -0.39 is 0 Å². The van der Waals surface area contributed by atoms with E-state index in [9.17, 15) is 0 Å². The Balaban J connectivity index is 1.64. The van der Waals surface area contributed by atoms with Crippen LogP contribution in [0.1, 0.15) is 11.3 Å². The van der Waals surface area contributed by atoms with Gasteiger partial charge in [0, 0.05) is 30.4 Å². The first-order chi connectivity index (χ1) is 12.2. The van der Waals surface area contributed by atoms with Crippen molar-refractivity contribution in [1.29, 1.82) is 0 Å². The molecule has 2 aromatic heterocycles. The number of nitrogens with zero attached hydrogens (tertiary/aromatic N) is 3. The summed E-state index contributed by atoms with van der Waals surface area (Å²) in [7, 11) is 0. The Labute approximate surface area is 151 Å². The Morgan fingerprint density at radius 2 is 1.96 bits per heavy atom. The Hall–Kier alpha value is -2.31. The minimum Gasteiger partial charge on any atom is -0.378 e. The molecule has 6 nitrogen and oxygen atoms in total. The molecule has 0 atom stereocenters. The van der Waals surface area contributed by atoms with Gasteiger partial charge in [-0.25, -0.2) is 0 Å². The fourth-order valence-electron chi connectivity index (χ4n) is 2.96. The highest BCUT2D eigenvalue weighted by molar-refractivity contribution is 6.30. The fourth-order valence-corrected chi connectivity index (χ4v) is 3.08. The van der Waals surface area contributed by atoms with Crippen LogP contribution in [0.2, 0.25) is 5.02 Å². The number of aromatic amines is 1. The number of morpholine rings is 1. The van der Waals surface area contributed by atoms with Crippen LogP contribution in [0.15, 0.2) is 30.3 Å². The van der Waals surface area contributed by atoms with E-state index in [4.69, 9.17) is 26.3 Å². The molecule has 0 radical (unpaired) electrons. The van der Waals surface area contributed by atoms with Crippen molar-refractivity contribution < 1.29 is 4.74 Å². The van der Waals surface area contributed by atoms with Crippen LogP contribution in [0.25, 0.3) is 11.0 Å². The Bertz CT molecular complexity index is 871. The van der Waals surface area contributed by atoms with Gasteiger partial charge in [0.1, 0.15) is 11.5 Å². The molecule has 25 heavy (non-hydrogen) atoms. The van der Waals surface area contributed by atoms with Crippen molar-refractivity contribution in [3.63, 3.8) is 0 Å². The van der Waals surface area contributed by atoms with E-state index in [0.717, 1.165) is 52.2 Å². The summed E-state index contributed by atoms with van der Waals surface area (Å²) >= 11 is 5.96. The first kappa shape index (κ1) is 16.2. The molecule has 7 heteroatoms. The van der Waals surface area contributed by atoms with E-state index in [1.807, 2.05) is 31.2 Å². The number of rotatable bonds is 4. The summed E-state index contributed by atoms with van der Waals surface area (Å²) in [4.78, 5) is 14.9. The van der Waals surface area contributed by atoms with Gasteiger partial charge >= 0.3 is 0 Å². The highest BCUT2D eigenvalue weighted by Gasteiger charge is 2.17. The van der Waals surface area contributed by atoms with Gasteiger partial charge in [-0.1, -0.05) is 23.7 Å². The normalized spacial score (nSPS) is 14.9. The molecular weight excluding hydrogens is 338 g/mol. The van der Waals surface area contributed by atoms with Gasteiger partial charge in [0.25, 0.3) is 0 Å². The van der Waals surface area contributed by atoms with Crippen molar-refractivity contribution in [3.8, 4) is 0 Å². The number of H-pyrrole nitrogens is 1. The third-order valence-corrected chi connectivity index (χ3v) is 4.53. The van der Waals surface area contributed by atoms with Crippen molar-refractivity contribution in [2.24, 2.45) is 0 Å². The average molecular weight is 358 g/mol. The van der Waals surface area contributed by atoms with Crippen molar-refractivity contribution in [2.75, 3.05) is 36.5 Å². The van der Waals surface area contributed by atoms with Crippen LogP contribution in [0.3, 0.4) is 0 Å². The van der Waals surface area contributed by atoms with Crippen molar-refractivity contribution in [1.82, 2.24) is 15.0 Å². The molecule has 3 aromatic rings. The molecule has 2 N–H and O–H groups in total. The maximum absolute atomic E-state index is 5.96. The van der Waals surface area contributed by atoms with Crippen LogP contribution in [-0.4, -0.2) is 41.3 Å². The highest BCUT2D eigenvalue weighted by atomic mass is 35.5. The van der Waals surface area contributed by atoms with E-state index >= 15 is 0 Å². The molecule has 0 saturated carbocycles. The van der Waals surface area contributed by atoms with E-state index in [1.54, 1.807) is 0 Å². The van der Waals surface area contributed by atoms with E-state index in [0.29, 0.717) is 19.8 Å². The number of hydrogen-bond donors (Lipinski definition) is 2. The number of ether oxygens (including phenoxy) is 1. The third-order valence-electron chi connectivity index (χ3n) is 4.28. The summed E-state index contributed by atoms with van der Waals surface area (Å²) in [5.74, 6) is 1.57. The minimum absolute atomic E-state index is 0.677. The molecule has 1 aliphatic heterocycles. The van der Waals surface area contributed by atoms with Gasteiger partial charge in [0.05, 0.1) is 18.6 Å². The van der Waals surface area contributed by atoms with Crippen LogP contribution < -0.4 is 10.2 Å². The smallest absolute Gasteiger partial charge is 0.229 e. The zero-order valence-corrected chi connectivity index (χ0v) is 14.8. The monoisotopic (exact) mass is 357 g/mol. The molecule has 1 aliphatic rings. The predicted octanol–water partition coefficient (Wildman–Crippen LogP) is 3.37. The van der Waals surface area contributed by atoms with Gasteiger partial charge in [-0.15, -0.1) is 0 Å². The number of hydrogen-bond acceptors (Lipinski definition) is 5. The molecule has 0 amide bonds. The fraction of sp³-hybridized carbons (Fsp3) is 0.333. The number of nitrogens with one attached hydrogen (secondary N) is 2. The lowest BCUT2D eigenvalue weighted by atomic mass is 10.2. The second-order valence-corrected chi connectivity index (χ2v) is 6.60. The lowest BCUT2D eigenvalue weighted by Crippen LogP contribution is -2.37. The molecule has 1 fully saturated rings. The molecule has 0 unspecified atom stereocenters. The zero-order valence-electron chi connectivity index (χ0n) is 14.1. The van der Waals surface area contributed by atoms with Crippen LogP contribution >= 0.6 is 11.6 Å². The lowest BCUT2D eigenvalue weighted by molar-refractivity contribution is 0.122. The Morgan fingerprint density at radius 1 is 1.20 bits per heavy atom. The third kappa shape index (κ3) is 3.55. The highest BCUT2D eigenvalue weighted by Crippen LogP contribution is 2.25. The first-order valence-corrected chi connectivity index (χ1v) is 8.75. The van der Waals surface area contributed by atoms with Crippen LogP contribution in [0, 0.1) is 6.92 Å². The van der Waals surface area contributed by atoms with Gasteiger partial charge in [0.15, 0.2) is 0 Å². The van der Waals surface area contributed by atoms with Crippen molar-refractivity contribution >= 4 is 34.4 Å². The molecule has 3 heterocycles. The largest absolute Gasteiger partial charge is 0.378 e. The summed E-state index contributed by atoms with van der Waals surface area (Å²) in [5, 5.41) is 5.19. The minimum atomic E-state index is 0.677. The van der Waals surface area contributed by atoms with Crippen LogP contribution in [0.5, 0.6) is 0 Å². The Kier molecular flexibility index (Phi) is 4.46. The molecule has 0 aliphatic carbocycles. The number of halogens is 1. The number of anilines is 2. The average Bonchev–Trinajstić information content (AvgIpc) is 3.02. The van der Waals surface area contributed by atoms with Crippen molar-refractivity contribution in [3.05, 3.63) is 46.6 Å². The predicted molar refractivity (Wildman–Crippen MR) is 100 cm³/mol. The summed E-state index contributed by atoms with van der Waals surface area (Å²) in [6.07, 6.45) is 0. The molecule has 1 saturated heterocycles. The summed E-state index contributed by atoms with van der Waals surface area (Å²) in [6, 6.07) is 9.89. The quantitative estimate of drug-likeness (QED) is 0.749. The molecule has 4 rings (SSSR count). The number of benzene rings is 1. The summed E-state index contributed by atoms with van der Waals surface area (Å²) < 4.78 is 5.43. The second-order valence-electron chi connectivity index (χ2n) is 6.17. The first-order valence-electron chi connectivity index (χ1n) is 8.37. The standard InChI is InChI=1S/C18H20ClN5O/c1-12-10-15-16(20-11-13-2-4-14(19)5-3-13)22-18(23-17(15)21-12)24-6-8-25-9-7-24/h2-5,10H,6-9,11H2,1H3,(H2,20,21,22,23). The summed E-state index contributed by atoms with van der Waals surface area (Å²) in [5.41, 5.74) is 3.07. The number of aromatic nitrogens is 3. The zero-order chi connectivity index (χ0) is 17.2. The van der Waals surface area contributed by atoms with Gasteiger partial charge < -0.3 is 19.9 Å². The van der Waals surface area contributed by atoms with Gasteiger partial charge in [-0.2, -0.15) is 9.97 Å². The van der Waals surface area contributed by atoms with Crippen LogP contribution in [-0.2, 0) is 11.3 Å². The molecule has 1 aromatic carbocycles. The van der Waals surface area contributed by atoms with Gasteiger partial charge in [0.2, 0.25) is 5.95 Å². The van der Waals surface area contributed by atoms with Gasteiger partial charge in [-0.05, 0) is 30.7 Å². The molecular formula is C18H20ClN5O. The summed E-state index contributed by atoms with van der Waals surface area (Å²) in [6.45, 7) is 5.73. The SMILES string of the molecule is Cc1cc2c(NCc3ccc(Cl)cc3)nc(N3CCOCC3)nc2[nH]1. The topological polar surface area (TPSA) is 66.1 Å². The Morgan fingerprint density at radius 3 is 2.72 bits per heavy atom. The van der Waals surface area contributed by atoms with E-state index in [-0.39, 0.29) is 0 Å². The van der Waals surface area contributed by atoms with E-state index in [2.05, 4.69) is 21.3 Å². The maximum atomic E-state index is 5.96. The molecule has 0 spiro atoms. The van der Waals surface area contributed by atoms with Crippen LogP contribution in [0.4, 0.5) is 11.8 Å². The number of aryl methyl sites for hydroxylation is 1. The van der Waals surface area contributed by atoms with Crippen molar-refractivity contribution in [2.45, 2.75) is 13.5 Å². The molecule has 130 valence electrons. The second kappa shape index (κ2) is 6.90. The lowest BCUT2D eigenvalue weighted by Gasteiger charge is -2.27. The maximum Gasteiger partial charge on any atom is 0.229 e. The van der Waals surface area contributed by atoms with Gasteiger partial charge in [-0.3, -0.25) is 0 Å². The molecule has 0 bridgehead atoms. The van der Waals surface area contributed by atoms with E-state index in [1.165, 1.54) is 0 Å².